The van der Waals surface area contributed by atoms with Crippen molar-refractivity contribution >= 4 is 28.9 Å². The van der Waals surface area contributed by atoms with Gasteiger partial charge in [0.2, 0.25) is 0 Å². The maximum absolute atomic E-state index is 13.0. The van der Waals surface area contributed by atoms with Crippen molar-refractivity contribution in [3.8, 4) is 0 Å². The van der Waals surface area contributed by atoms with Crippen LogP contribution in [-0.4, -0.2) is 11.0 Å². The summed E-state index contributed by atoms with van der Waals surface area (Å²) in [6.45, 7) is 8.43. The van der Waals surface area contributed by atoms with E-state index in [1.807, 2.05) is 37.3 Å². The number of nitrogens with one attached hydrogen (secondary N) is 3. The minimum absolute atomic E-state index is 0.0780. The lowest BCUT2D eigenvalue weighted by Gasteiger charge is -2.31. The maximum Gasteiger partial charge on any atom is 0.255 e. The second-order valence-electron chi connectivity index (χ2n) is 7.76. The summed E-state index contributed by atoms with van der Waals surface area (Å²) >= 11 is 5.33. The molecule has 0 spiro atoms. The standard InChI is InChI=1S/C22H25N3OS/c1-14-18(20(26)24-17-8-6-5-7-9-17)19(25-21(27)23-14)15-10-12-16(13-11-15)22(2,3)4/h5-13,19H,1-4H3,(H,24,26)(H2,23,25,27). The SMILES string of the molecule is CC1=C(C(=O)Nc2ccccc2)C(c2ccc(C(C)(C)C)cc2)NC(=S)N1. The van der Waals surface area contributed by atoms with Gasteiger partial charge in [-0.15, -0.1) is 0 Å². The Bertz CT molecular complexity index is 880. The van der Waals surface area contributed by atoms with E-state index >= 15 is 0 Å². The number of thiocarbonyl (C=S) groups is 1. The number of allylic oxidation sites excluding steroid dienone is 1. The Morgan fingerprint density at radius 2 is 1.67 bits per heavy atom. The molecule has 5 heteroatoms. The van der Waals surface area contributed by atoms with Crippen molar-refractivity contribution in [3.63, 3.8) is 0 Å². The fraction of sp³-hybridized carbons (Fsp3) is 0.273. The fourth-order valence-electron chi connectivity index (χ4n) is 3.14. The van der Waals surface area contributed by atoms with Gasteiger partial charge in [-0.05, 0) is 47.8 Å². The third-order valence-corrected chi connectivity index (χ3v) is 4.88. The number of carbonyl (C=O) groups excluding carboxylic acids is 1. The van der Waals surface area contributed by atoms with Gasteiger partial charge < -0.3 is 16.0 Å². The summed E-state index contributed by atoms with van der Waals surface area (Å²) in [5.74, 6) is -0.147. The molecule has 2 aromatic rings. The fourth-order valence-corrected chi connectivity index (χ4v) is 3.41. The molecule has 1 unspecified atom stereocenters. The Hall–Kier alpha value is -2.66. The van der Waals surface area contributed by atoms with Gasteiger partial charge in [0.1, 0.15) is 0 Å². The van der Waals surface area contributed by atoms with Gasteiger partial charge in [0.15, 0.2) is 5.11 Å². The molecule has 1 amide bonds. The van der Waals surface area contributed by atoms with Crippen LogP contribution in [0.2, 0.25) is 0 Å². The van der Waals surface area contributed by atoms with Crippen LogP contribution in [0.25, 0.3) is 0 Å². The molecule has 0 aromatic heterocycles. The van der Waals surface area contributed by atoms with Crippen molar-refractivity contribution in [2.24, 2.45) is 0 Å². The van der Waals surface area contributed by atoms with E-state index in [1.165, 1.54) is 5.56 Å². The Kier molecular flexibility index (Phi) is 5.33. The summed E-state index contributed by atoms with van der Waals surface area (Å²) in [7, 11) is 0. The van der Waals surface area contributed by atoms with Gasteiger partial charge in [-0.2, -0.15) is 0 Å². The quantitative estimate of drug-likeness (QED) is 0.691. The number of hydrogen-bond acceptors (Lipinski definition) is 2. The molecule has 4 nitrogen and oxygen atoms in total. The number of hydrogen-bond donors (Lipinski definition) is 3. The number of amides is 1. The predicted molar refractivity (Wildman–Crippen MR) is 115 cm³/mol. The lowest BCUT2D eigenvalue weighted by Crippen LogP contribution is -2.45. The van der Waals surface area contributed by atoms with Crippen molar-refractivity contribution in [3.05, 3.63) is 77.0 Å². The van der Waals surface area contributed by atoms with Crippen molar-refractivity contribution in [2.45, 2.75) is 39.2 Å². The third kappa shape index (κ3) is 4.37. The topological polar surface area (TPSA) is 53.2 Å². The number of carbonyl (C=O) groups is 1. The lowest BCUT2D eigenvalue weighted by molar-refractivity contribution is -0.113. The molecule has 1 aliphatic heterocycles. The van der Waals surface area contributed by atoms with E-state index in [1.54, 1.807) is 0 Å². The van der Waals surface area contributed by atoms with Crippen molar-refractivity contribution in [2.75, 3.05) is 5.32 Å². The largest absolute Gasteiger partial charge is 0.351 e. The highest BCUT2D eigenvalue weighted by atomic mass is 32.1. The van der Waals surface area contributed by atoms with Gasteiger partial charge in [-0.1, -0.05) is 63.2 Å². The van der Waals surface area contributed by atoms with Crippen molar-refractivity contribution in [1.82, 2.24) is 10.6 Å². The molecular weight excluding hydrogens is 354 g/mol. The van der Waals surface area contributed by atoms with Crippen LogP contribution < -0.4 is 16.0 Å². The highest BCUT2D eigenvalue weighted by molar-refractivity contribution is 7.80. The zero-order valence-electron chi connectivity index (χ0n) is 16.1. The first-order valence-corrected chi connectivity index (χ1v) is 9.41. The third-order valence-electron chi connectivity index (χ3n) is 4.66. The number of benzene rings is 2. The molecule has 0 saturated carbocycles. The molecule has 27 heavy (non-hydrogen) atoms. The molecule has 1 heterocycles. The van der Waals surface area contributed by atoms with Crippen LogP contribution in [0.15, 0.2) is 65.9 Å². The second kappa shape index (κ2) is 7.53. The first-order chi connectivity index (χ1) is 12.8. The normalized spacial score (nSPS) is 17.2. The molecule has 0 saturated heterocycles. The minimum Gasteiger partial charge on any atom is -0.351 e. The van der Waals surface area contributed by atoms with E-state index < -0.39 is 0 Å². The Morgan fingerprint density at radius 1 is 1.04 bits per heavy atom. The molecule has 1 atom stereocenters. The molecule has 140 valence electrons. The predicted octanol–water partition coefficient (Wildman–Crippen LogP) is 4.42. The minimum atomic E-state index is -0.295. The summed E-state index contributed by atoms with van der Waals surface area (Å²) in [5.41, 5.74) is 4.49. The van der Waals surface area contributed by atoms with Crippen molar-refractivity contribution in [1.29, 1.82) is 0 Å². The van der Waals surface area contributed by atoms with Gasteiger partial charge in [-0.3, -0.25) is 4.79 Å². The van der Waals surface area contributed by atoms with Crippen LogP contribution in [-0.2, 0) is 10.2 Å². The second-order valence-corrected chi connectivity index (χ2v) is 8.17. The van der Waals surface area contributed by atoms with E-state index in [9.17, 15) is 4.79 Å². The van der Waals surface area contributed by atoms with Gasteiger partial charge >= 0.3 is 0 Å². The zero-order valence-corrected chi connectivity index (χ0v) is 16.9. The highest BCUT2D eigenvalue weighted by Crippen LogP contribution is 2.30. The van der Waals surface area contributed by atoms with E-state index in [2.05, 4.69) is 61.0 Å². The molecule has 3 rings (SSSR count). The summed E-state index contributed by atoms with van der Waals surface area (Å²) in [4.78, 5) is 13.0. The van der Waals surface area contributed by atoms with Gasteiger partial charge in [0.25, 0.3) is 5.91 Å². The molecular formula is C22H25N3OS. The van der Waals surface area contributed by atoms with E-state index in [4.69, 9.17) is 12.2 Å². The van der Waals surface area contributed by atoms with Gasteiger partial charge in [-0.25, -0.2) is 0 Å². The van der Waals surface area contributed by atoms with Crippen LogP contribution in [0.3, 0.4) is 0 Å². The lowest BCUT2D eigenvalue weighted by atomic mass is 9.85. The summed E-state index contributed by atoms with van der Waals surface area (Å²) < 4.78 is 0. The van der Waals surface area contributed by atoms with Crippen LogP contribution in [0, 0.1) is 0 Å². The maximum atomic E-state index is 13.0. The molecule has 0 radical (unpaired) electrons. The average Bonchev–Trinajstić information content (AvgIpc) is 2.61. The van der Waals surface area contributed by atoms with E-state index in [0.717, 1.165) is 16.9 Å². The van der Waals surface area contributed by atoms with Crippen LogP contribution in [0.4, 0.5) is 5.69 Å². The first kappa shape index (κ1) is 19.1. The molecule has 2 aromatic carbocycles. The van der Waals surface area contributed by atoms with Gasteiger partial charge in [0, 0.05) is 11.4 Å². The summed E-state index contributed by atoms with van der Waals surface area (Å²) in [6.07, 6.45) is 0. The average molecular weight is 380 g/mol. The Morgan fingerprint density at radius 3 is 2.26 bits per heavy atom. The summed E-state index contributed by atoms with van der Waals surface area (Å²) in [5, 5.41) is 9.80. The van der Waals surface area contributed by atoms with E-state index in [0.29, 0.717) is 10.7 Å². The van der Waals surface area contributed by atoms with Crippen LogP contribution >= 0.6 is 12.2 Å². The number of para-hydroxylation sites is 1. The highest BCUT2D eigenvalue weighted by Gasteiger charge is 2.30. The molecule has 3 N–H and O–H groups in total. The number of anilines is 1. The molecule has 0 fully saturated rings. The molecule has 1 aliphatic rings. The van der Waals surface area contributed by atoms with Crippen LogP contribution in [0.5, 0.6) is 0 Å². The van der Waals surface area contributed by atoms with Gasteiger partial charge in [0.05, 0.1) is 11.6 Å². The van der Waals surface area contributed by atoms with Crippen LogP contribution in [0.1, 0.15) is 44.9 Å². The first-order valence-electron chi connectivity index (χ1n) is 9.01. The number of rotatable bonds is 3. The zero-order chi connectivity index (χ0) is 19.6. The molecule has 0 bridgehead atoms. The van der Waals surface area contributed by atoms with Crippen molar-refractivity contribution < 1.29 is 4.79 Å². The smallest absolute Gasteiger partial charge is 0.255 e. The Balaban J connectivity index is 1.93. The monoisotopic (exact) mass is 379 g/mol. The Labute approximate surface area is 166 Å². The van der Waals surface area contributed by atoms with E-state index in [-0.39, 0.29) is 17.4 Å². The molecule has 0 aliphatic carbocycles. The summed E-state index contributed by atoms with van der Waals surface area (Å²) in [6, 6.07) is 17.5.